The topological polar surface area (TPSA) is 38.8 Å². The number of esters is 1. The Balaban J connectivity index is 1.88. The van der Waals surface area contributed by atoms with Crippen molar-refractivity contribution >= 4 is 5.97 Å². The van der Waals surface area contributed by atoms with Crippen molar-refractivity contribution in [3.63, 3.8) is 0 Å². The van der Waals surface area contributed by atoms with Gasteiger partial charge in [-0.1, -0.05) is 67.7 Å². The predicted octanol–water partition coefficient (Wildman–Crippen LogP) is 5.85. The van der Waals surface area contributed by atoms with E-state index < -0.39 is 0 Å². The second-order valence-corrected chi connectivity index (χ2v) is 6.24. The summed E-state index contributed by atoms with van der Waals surface area (Å²) in [5, 5.41) is 0. The van der Waals surface area contributed by atoms with Gasteiger partial charge in [0.25, 0.3) is 0 Å². The molecule has 1 fully saturated rings. The molecule has 144 valence electrons. The van der Waals surface area contributed by atoms with Gasteiger partial charge in [-0.3, -0.25) is 4.79 Å². The van der Waals surface area contributed by atoms with Crippen molar-refractivity contribution < 1.29 is 14.3 Å². The van der Waals surface area contributed by atoms with Gasteiger partial charge in [0.2, 0.25) is 0 Å². The van der Waals surface area contributed by atoms with E-state index in [1.165, 1.54) is 0 Å². The fourth-order valence-electron chi connectivity index (χ4n) is 2.16. The molecule has 26 heavy (non-hydrogen) atoms. The smallest absolute Gasteiger partial charge is 0.305 e. The van der Waals surface area contributed by atoms with Crippen LogP contribution in [0.4, 0.5) is 0 Å². The van der Waals surface area contributed by atoms with E-state index in [-0.39, 0.29) is 12.1 Å². The summed E-state index contributed by atoms with van der Waals surface area (Å²) < 4.78 is 10.1. The molecule has 1 heterocycles. The molecule has 0 amide bonds. The van der Waals surface area contributed by atoms with E-state index in [2.05, 4.69) is 67.7 Å². The van der Waals surface area contributed by atoms with Gasteiger partial charge in [0.05, 0.1) is 6.61 Å². The Labute approximate surface area is 159 Å². The predicted molar refractivity (Wildman–Crippen MR) is 109 cm³/mol. The largest absolute Gasteiger partial charge is 0.463 e. The number of hydrogen-bond donors (Lipinski definition) is 0. The zero-order valence-corrected chi connectivity index (χ0v) is 16.1. The molecule has 0 aromatic carbocycles. The summed E-state index contributed by atoms with van der Waals surface area (Å²) >= 11 is 0. The van der Waals surface area contributed by atoms with Crippen LogP contribution >= 0.6 is 0 Å². The monoisotopic (exact) mass is 358 g/mol. The van der Waals surface area contributed by atoms with Gasteiger partial charge in [0, 0.05) is 6.42 Å². The van der Waals surface area contributed by atoms with Crippen LogP contribution in [-0.2, 0) is 14.3 Å². The fourth-order valence-corrected chi connectivity index (χ4v) is 2.16. The van der Waals surface area contributed by atoms with Crippen LogP contribution < -0.4 is 0 Å². The maximum Gasteiger partial charge on any atom is 0.305 e. The number of rotatable bonds is 15. The van der Waals surface area contributed by atoms with Crippen LogP contribution in [0.1, 0.15) is 58.3 Å². The molecule has 0 N–H and O–H groups in total. The van der Waals surface area contributed by atoms with E-state index in [1.807, 2.05) is 0 Å². The third-order valence-electron chi connectivity index (χ3n) is 3.74. The second kappa shape index (κ2) is 16.6. The zero-order chi connectivity index (χ0) is 18.7. The Morgan fingerprint density at radius 2 is 1.38 bits per heavy atom. The van der Waals surface area contributed by atoms with E-state index >= 15 is 0 Å². The number of allylic oxidation sites excluding steroid dienone is 10. The third-order valence-corrected chi connectivity index (χ3v) is 3.74. The summed E-state index contributed by atoms with van der Waals surface area (Å²) in [6.07, 6.45) is 29.3. The second-order valence-electron chi connectivity index (χ2n) is 6.24. The first-order valence-corrected chi connectivity index (χ1v) is 9.85. The number of unbranched alkanes of at least 4 members (excludes halogenated alkanes) is 1. The molecule has 0 aromatic heterocycles. The van der Waals surface area contributed by atoms with Crippen molar-refractivity contribution in [1.29, 1.82) is 0 Å². The van der Waals surface area contributed by atoms with Gasteiger partial charge >= 0.3 is 5.97 Å². The summed E-state index contributed by atoms with van der Waals surface area (Å²) in [5.41, 5.74) is 0. The minimum Gasteiger partial charge on any atom is -0.463 e. The number of hydrogen-bond acceptors (Lipinski definition) is 3. The van der Waals surface area contributed by atoms with E-state index in [1.54, 1.807) is 0 Å². The lowest BCUT2D eigenvalue weighted by molar-refractivity contribution is -0.144. The van der Waals surface area contributed by atoms with E-state index in [4.69, 9.17) is 9.47 Å². The highest BCUT2D eigenvalue weighted by Gasteiger charge is 2.23. The molecule has 0 radical (unpaired) electrons. The van der Waals surface area contributed by atoms with Crippen LogP contribution in [0.3, 0.4) is 0 Å². The van der Waals surface area contributed by atoms with Crippen molar-refractivity contribution in [2.75, 3.05) is 13.2 Å². The first-order chi connectivity index (χ1) is 12.8. The molecule has 3 nitrogen and oxygen atoms in total. The summed E-state index contributed by atoms with van der Waals surface area (Å²) in [6.45, 7) is 3.30. The van der Waals surface area contributed by atoms with Crippen molar-refractivity contribution in [2.45, 2.75) is 64.4 Å². The molecule has 1 aliphatic rings. The standard InChI is InChI=1S/C23H34O3/c1-2-3-4-5-6-7-8-9-10-11-12-13-14-15-16-17-18-19-23(24)26-21-22-20-25-22/h3-4,6-7,9-10,12-13,15-16,22H,2,5,8,11,14,17-21H2,1H3/b4-3-,7-6-,10-9-,13-12-,16-15-. The van der Waals surface area contributed by atoms with E-state index in [0.717, 1.165) is 51.6 Å². The van der Waals surface area contributed by atoms with Crippen LogP contribution in [-0.4, -0.2) is 25.3 Å². The van der Waals surface area contributed by atoms with E-state index in [9.17, 15) is 4.79 Å². The Hall–Kier alpha value is -1.87. The molecular weight excluding hydrogens is 324 g/mol. The Morgan fingerprint density at radius 1 is 0.885 bits per heavy atom. The fraction of sp³-hybridized carbons (Fsp3) is 0.522. The quantitative estimate of drug-likeness (QED) is 0.159. The average Bonchev–Trinajstić information content (AvgIpc) is 3.47. The maximum atomic E-state index is 11.4. The SMILES string of the molecule is CC/C=C\C/C=C\C/C=C\C/C=C\C/C=C\CCCC(=O)OCC1CO1. The van der Waals surface area contributed by atoms with Gasteiger partial charge in [0.1, 0.15) is 12.7 Å². The van der Waals surface area contributed by atoms with Crippen LogP contribution in [0.15, 0.2) is 60.8 Å². The number of ether oxygens (including phenoxy) is 2. The Kier molecular flexibility index (Phi) is 14.1. The summed E-state index contributed by atoms with van der Waals surface area (Å²) in [7, 11) is 0. The molecule has 0 saturated carbocycles. The molecule has 1 rings (SSSR count). The highest BCUT2D eigenvalue weighted by Crippen LogP contribution is 2.09. The molecule has 1 aliphatic heterocycles. The van der Waals surface area contributed by atoms with Crippen LogP contribution in [0.25, 0.3) is 0 Å². The first kappa shape index (κ1) is 22.2. The zero-order valence-electron chi connectivity index (χ0n) is 16.1. The van der Waals surface area contributed by atoms with Gasteiger partial charge in [-0.2, -0.15) is 0 Å². The highest BCUT2D eigenvalue weighted by atomic mass is 16.6. The van der Waals surface area contributed by atoms with Gasteiger partial charge in [-0.05, 0) is 44.9 Å². The normalized spacial score (nSPS) is 17.5. The maximum absolute atomic E-state index is 11.4. The molecular formula is C23H34O3. The summed E-state index contributed by atoms with van der Waals surface area (Å²) in [6, 6.07) is 0. The minimum absolute atomic E-state index is 0.118. The van der Waals surface area contributed by atoms with Crippen LogP contribution in [0.2, 0.25) is 0 Å². The van der Waals surface area contributed by atoms with Crippen LogP contribution in [0, 0.1) is 0 Å². The molecule has 0 aliphatic carbocycles. The molecule has 1 unspecified atom stereocenters. The molecule has 3 heteroatoms. The van der Waals surface area contributed by atoms with Gasteiger partial charge in [-0.15, -0.1) is 0 Å². The molecule has 1 atom stereocenters. The highest BCUT2D eigenvalue weighted by molar-refractivity contribution is 5.69. The van der Waals surface area contributed by atoms with Gasteiger partial charge in [0.15, 0.2) is 0 Å². The average molecular weight is 359 g/mol. The van der Waals surface area contributed by atoms with Crippen LogP contribution in [0.5, 0.6) is 0 Å². The van der Waals surface area contributed by atoms with Crippen molar-refractivity contribution in [3.05, 3.63) is 60.8 Å². The summed E-state index contributed by atoms with van der Waals surface area (Å²) in [5.74, 6) is -0.118. The Morgan fingerprint density at radius 3 is 1.88 bits per heavy atom. The lowest BCUT2D eigenvalue weighted by Gasteiger charge is -2.00. The minimum atomic E-state index is -0.118. The van der Waals surface area contributed by atoms with Crippen molar-refractivity contribution in [3.8, 4) is 0 Å². The Bertz CT molecular complexity index is 494. The molecule has 0 bridgehead atoms. The number of epoxide rings is 1. The van der Waals surface area contributed by atoms with Gasteiger partial charge in [-0.25, -0.2) is 0 Å². The molecule has 0 spiro atoms. The van der Waals surface area contributed by atoms with Crippen molar-refractivity contribution in [2.24, 2.45) is 0 Å². The van der Waals surface area contributed by atoms with Crippen molar-refractivity contribution in [1.82, 2.24) is 0 Å². The molecule has 0 aromatic rings. The van der Waals surface area contributed by atoms with E-state index in [0.29, 0.717) is 13.0 Å². The lowest BCUT2D eigenvalue weighted by Crippen LogP contribution is -2.09. The first-order valence-electron chi connectivity index (χ1n) is 9.85. The number of carbonyl (C=O) groups excluding carboxylic acids is 1. The number of carbonyl (C=O) groups is 1. The summed E-state index contributed by atoms with van der Waals surface area (Å²) in [4.78, 5) is 11.4. The van der Waals surface area contributed by atoms with Gasteiger partial charge < -0.3 is 9.47 Å². The molecule has 1 saturated heterocycles. The lowest BCUT2D eigenvalue weighted by atomic mass is 10.2. The third kappa shape index (κ3) is 15.6.